The molecular formula is C16H27N5O. The van der Waals surface area contributed by atoms with Crippen molar-refractivity contribution in [3.63, 3.8) is 0 Å². The van der Waals surface area contributed by atoms with Crippen LogP contribution in [0.1, 0.15) is 46.2 Å². The van der Waals surface area contributed by atoms with Gasteiger partial charge in [-0.3, -0.25) is 14.5 Å². The molecule has 0 fully saturated rings. The topological polar surface area (TPSA) is 66.8 Å². The zero-order valence-electron chi connectivity index (χ0n) is 14.5. The maximum atomic E-state index is 12.4. The van der Waals surface area contributed by atoms with E-state index < -0.39 is 0 Å². The van der Waals surface area contributed by atoms with Crippen LogP contribution in [-0.2, 0) is 13.5 Å². The molecule has 2 heterocycles. The van der Waals surface area contributed by atoms with Gasteiger partial charge in [-0.05, 0) is 18.3 Å². The molecule has 0 spiro atoms. The van der Waals surface area contributed by atoms with Gasteiger partial charge in [-0.15, -0.1) is 0 Å². The lowest BCUT2D eigenvalue weighted by molar-refractivity contribution is 0.381. The number of nitrogens with zero attached hydrogens (tertiary/aromatic N) is 4. The Hall–Kier alpha value is -1.85. The first kappa shape index (κ1) is 16.5. The van der Waals surface area contributed by atoms with Crippen molar-refractivity contribution < 1.29 is 0 Å². The lowest BCUT2D eigenvalue weighted by Gasteiger charge is -2.23. The van der Waals surface area contributed by atoms with Crippen molar-refractivity contribution in [1.82, 2.24) is 19.7 Å². The number of aromatic nitrogens is 4. The van der Waals surface area contributed by atoms with E-state index in [0.29, 0.717) is 11.5 Å². The highest BCUT2D eigenvalue weighted by molar-refractivity contribution is 5.77. The highest BCUT2D eigenvalue weighted by Crippen LogP contribution is 2.20. The fourth-order valence-electron chi connectivity index (χ4n) is 2.43. The molecule has 0 saturated carbocycles. The van der Waals surface area contributed by atoms with E-state index >= 15 is 0 Å². The number of fused-ring (bicyclic) bond motifs is 1. The highest BCUT2D eigenvalue weighted by atomic mass is 16.1. The smallest absolute Gasteiger partial charge is 0.278 e. The molecule has 2 aromatic rings. The fraction of sp³-hybridized carbons (Fsp3) is 0.688. The number of nitrogens with one attached hydrogen (secondary N) is 1. The second-order valence-corrected chi connectivity index (χ2v) is 7.14. The first-order chi connectivity index (χ1) is 10.2. The molecule has 0 aliphatic heterocycles. The molecule has 0 saturated heterocycles. The molecule has 0 aromatic carbocycles. The fourth-order valence-corrected chi connectivity index (χ4v) is 2.43. The van der Waals surface area contributed by atoms with Gasteiger partial charge in [0.15, 0.2) is 5.52 Å². The lowest BCUT2D eigenvalue weighted by atomic mass is 9.92. The molecule has 6 heteroatoms. The summed E-state index contributed by atoms with van der Waals surface area (Å²) in [7, 11) is 3.76. The van der Waals surface area contributed by atoms with E-state index in [9.17, 15) is 4.79 Å². The molecular weight excluding hydrogens is 278 g/mol. The molecule has 122 valence electrons. The second-order valence-electron chi connectivity index (χ2n) is 7.14. The van der Waals surface area contributed by atoms with E-state index in [0.717, 1.165) is 37.0 Å². The minimum Gasteiger partial charge on any atom is -0.345 e. The van der Waals surface area contributed by atoms with Gasteiger partial charge < -0.3 is 4.90 Å². The Balaban J connectivity index is 2.39. The van der Waals surface area contributed by atoms with Crippen molar-refractivity contribution in [3.8, 4) is 0 Å². The summed E-state index contributed by atoms with van der Waals surface area (Å²) < 4.78 is 1.63. The van der Waals surface area contributed by atoms with Crippen LogP contribution >= 0.6 is 0 Å². The van der Waals surface area contributed by atoms with Crippen LogP contribution < -0.4 is 10.5 Å². The summed E-state index contributed by atoms with van der Waals surface area (Å²) in [6.45, 7) is 9.58. The van der Waals surface area contributed by atoms with Crippen LogP contribution in [0.2, 0.25) is 0 Å². The summed E-state index contributed by atoms with van der Waals surface area (Å²) in [6.07, 6.45) is 2.84. The maximum Gasteiger partial charge on any atom is 0.278 e. The first-order valence-corrected chi connectivity index (χ1v) is 7.90. The van der Waals surface area contributed by atoms with E-state index in [2.05, 4.69) is 42.8 Å². The zero-order valence-corrected chi connectivity index (χ0v) is 14.5. The summed E-state index contributed by atoms with van der Waals surface area (Å²) >= 11 is 0. The van der Waals surface area contributed by atoms with Crippen LogP contribution in [0.4, 0.5) is 5.95 Å². The third kappa shape index (κ3) is 3.48. The Morgan fingerprint density at radius 2 is 2.00 bits per heavy atom. The third-order valence-electron chi connectivity index (χ3n) is 3.80. The summed E-state index contributed by atoms with van der Waals surface area (Å²) in [5, 5.41) is 4.44. The first-order valence-electron chi connectivity index (χ1n) is 7.90. The molecule has 0 bridgehead atoms. The van der Waals surface area contributed by atoms with Gasteiger partial charge in [0.05, 0.1) is 5.69 Å². The number of H-pyrrole nitrogens is 1. The van der Waals surface area contributed by atoms with Gasteiger partial charge in [-0.1, -0.05) is 34.1 Å². The number of aryl methyl sites for hydroxylation is 2. The minimum absolute atomic E-state index is 0.125. The molecule has 22 heavy (non-hydrogen) atoms. The molecule has 1 N–H and O–H groups in total. The van der Waals surface area contributed by atoms with Gasteiger partial charge in [-0.2, -0.15) is 5.10 Å². The SMILES string of the molecule is CCCc1nn(C)c2c(=O)[nH]c(N(C)CCC(C)(C)C)nc12. The van der Waals surface area contributed by atoms with Crippen LogP contribution in [0.5, 0.6) is 0 Å². The molecule has 6 nitrogen and oxygen atoms in total. The van der Waals surface area contributed by atoms with E-state index in [-0.39, 0.29) is 11.0 Å². The molecule has 0 unspecified atom stereocenters. The van der Waals surface area contributed by atoms with Crippen LogP contribution in [0.15, 0.2) is 4.79 Å². The number of anilines is 1. The predicted octanol–water partition coefficient (Wildman–Crippen LogP) is 2.48. The maximum absolute atomic E-state index is 12.4. The van der Waals surface area contributed by atoms with Crippen molar-refractivity contribution in [2.45, 2.75) is 47.0 Å². The zero-order chi connectivity index (χ0) is 16.5. The van der Waals surface area contributed by atoms with Crippen LogP contribution in [0.25, 0.3) is 11.0 Å². The van der Waals surface area contributed by atoms with Gasteiger partial charge in [0.1, 0.15) is 5.52 Å². The van der Waals surface area contributed by atoms with Crippen molar-refractivity contribution in [3.05, 3.63) is 16.0 Å². The summed E-state index contributed by atoms with van der Waals surface area (Å²) in [5.74, 6) is 0.618. The Morgan fingerprint density at radius 1 is 1.32 bits per heavy atom. The minimum atomic E-state index is -0.125. The van der Waals surface area contributed by atoms with E-state index in [4.69, 9.17) is 0 Å². The standard InChI is InChI=1S/C16H27N5O/c1-7-8-11-12-13(21(6)19-11)14(22)18-15(17-12)20(5)10-9-16(2,3)4/h7-10H2,1-6H3,(H,17,18,22). The number of rotatable bonds is 5. The molecule has 0 amide bonds. The normalized spacial score (nSPS) is 12.1. The van der Waals surface area contributed by atoms with Crippen molar-refractivity contribution in [2.24, 2.45) is 12.5 Å². The Morgan fingerprint density at radius 3 is 2.59 bits per heavy atom. The van der Waals surface area contributed by atoms with E-state index in [1.54, 1.807) is 11.7 Å². The van der Waals surface area contributed by atoms with Gasteiger partial charge in [-0.25, -0.2) is 4.98 Å². The van der Waals surface area contributed by atoms with Gasteiger partial charge in [0.2, 0.25) is 5.95 Å². The van der Waals surface area contributed by atoms with Crippen LogP contribution in [0.3, 0.4) is 0 Å². The molecule has 0 radical (unpaired) electrons. The van der Waals surface area contributed by atoms with Gasteiger partial charge in [0.25, 0.3) is 5.56 Å². The monoisotopic (exact) mass is 305 g/mol. The van der Waals surface area contributed by atoms with Gasteiger partial charge >= 0.3 is 0 Å². The summed E-state index contributed by atoms with van der Waals surface area (Å²) in [4.78, 5) is 21.9. The quantitative estimate of drug-likeness (QED) is 0.921. The largest absolute Gasteiger partial charge is 0.345 e. The molecule has 2 aromatic heterocycles. The van der Waals surface area contributed by atoms with Gasteiger partial charge in [0, 0.05) is 20.6 Å². The number of aromatic amines is 1. The molecule has 0 aliphatic carbocycles. The van der Waals surface area contributed by atoms with Crippen molar-refractivity contribution >= 4 is 17.0 Å². The average Bonchev–Trinajstić information content (AvgIpc) is 2.72. The Kier molecular flexibility index (Phi) is 4.58. The number of hydrogen-bond donors (Lipinski definition) is 1. The Bertz CT molecular complexity index is 708. The van der Waals surface area contributed by atoms with E-state index in [1.165, 1.54) is 0 Å². The van der Waals surface area contributed by atoms with Crippen molar-refractivity contribution in [1.29, 1.82) is 0 Å². The number of hydrogen-bond acceptors (Lipinski definition) is 4. The van der Waals surface area contributed by atoms with Crippen molar-refractivity contribution in [2.75, 3.05) is 18.5 Å². The summed E-state index contributed by atoms with van der Waals surface area (Å²) in [5.41, 5.74) is 2.30. The lowest BCUT2D eigenvalue weighted by Crippen LogP contribution is -2.27. The predicted molar refractivity (Wildman–Crippen MR) is 90.5 cm³/mol. The van der Waals surface area contributed by atoms with E-state index in [1.807, 2.05) is 11.9 Å². The average molecular weight is 305 g/mol. The molecule has 0 aliphatic rings. The second kappa shape index (κ2) is 6.10. The summed E-state index contributed by atoms with van der Waals surface area (Å²) in [6, 6.07) is 0. The van der Waals surface area contributed by atoms with Crippen LogP contribution in [0, 0.1) is 5.41 Å². The highest BCUT2D eigenvalue weighted by Gasteiger charge is 2.17. The van der Waals surface area contributed by atoms with Crippen LogP contribution in [-0.4, -0.2) is 33.3 Å². The Labute approximate surface area is 131 Å². The molecule has 0 atom stereocenters. The molecule has 2 rings (SSSR count). The third-order valence-corrected chi connectivity index (χ3v) is 3.80.